The monoisotopic (exact) mass is 650 g/mol. The number of hydrogen-bond donors (Lipinski definition) is 0. The van der Waals surface area contributed by atoms with Gasteiger partial charge in [0.2, 0.25) is 0 Å². The van der Waals surface area contributed by atoms with Crippen molar-refractivity contribution < 1.29 is 114 Å². The zero-order valence-corrected chi connectivity index (χ0v) is 24.6. The number of rotatable bonds is 0. The molecule has 0 saturated carbocycles. The predicted molar refractivity (Wildman–Crippen MR) is 101 cm³/mol. The third-order valence-electron chi connectivity index (χ3n) is 3.65. The summed E-state index contributed by atoms with van der Waals surface area (Å²) in [5, 5.41) is 5.32. The van der Waals surface area contributed by atoms with Crippen LogP contribution in [0.25, 0.3) is 21.5 Å². The molecule has 5 aromatic rings. The Morgan fingerprint density at radius 1 is 0.400 bits per heavy atom. The van der Waals surface area contributed by atoms with E-state index in [2.05, 4.69) is 84.9 Å². The second-order valence-electron chi connectivity index (χ2n) is 5.27. The summed E-state index contributed by atoms with van der Waals surface area (Å²) in [6.07, 6.45) is 0. The molecule has 0 radical (unpaired) electrons. The number of hydrogen-bond acceptors (Lipinski definition) is 0. The third kappa shape index (κ3) is 13.6. The molecule has 0 nitrogen and oxygen atoms in total. The van der Waals surface area contributed by atoms with Gasteiger partial charge < -0.3 is 62.0 Å². The van der Waals surface area contributed by atoms with Crippen LogP contribution in [0.15, 0.2) is 115 Å². The molecule has 0 N–H and O–H groups in total. The Labute approximate surface area is 248 Å². The van der Waals surface area contributed by atoms with Crippen LogP contribution in [0.2, 0.25) is 0 Å². The van der Waals surface area contributed by atoms with Crippen molar-refractivity contribution in [1.29, 1.82) is 0 Å². The Kier molecular flexibility index (Phi) is 32.3. The van der Waals surface area contributed by atoms with Crippen LogP contribution in [0.1, 0.15) is 0 Å². The van der Waals surface area contributed by atoms with Crippen molar-refractivity contribution in [2.45, 2.75) is 0 Å². The van der Waals surface area contributed by atoms with Gasteiger partial charge in [-0.25, -0.2) is 12.1 Å². The first kappa shape index (κ1) is 40.6. The zero-order valence-electron chi connectivity index (χ0n) is 15.9. The number of fused-ring (bicyclic) bond motifs is 2. The molecule has 0 amide bonds. The minimum absolute atomic E-state index is 0. The first-order chi connectivity index (χ1) is 11.4. The van der Waals surface area contributed by atoms with Crippen LogP contribution in [0.4, 0.5) is 0 Å². The molecule has 0 heterocycles. The van der Waals surface area contributed by atoms with E-state index in [-0.39, 0.29) is 114 Å². The van der Waals surface area contributed by atoms with Crippen molar-refractivity contribution in [3.05, 3.63) is 115 Å². The Bertz CT molecular complexity index is 803. The normalized spacial score (nSPS) is 7.47. The van der Waals surface area contributed by atoms with E-state index in [9.17, 15) is 0 Å². The third-order valence-corrected chi connectivity index (χ3v) is 3.65. The summed E-state index contributed by atoms with van der Waals surface area (Å²) < 4.78 is 0. The summed E-state index contributed by atoms with van der Waals surface area (Å²) in [7, 11) is 0. The molecule has 0 unspecified atom stereocenters. The fraction of sp³-hybridized carbons (Fsp3) is 0. The Hall–Kier alpha value is 0.226. The first-order valence-corrected chi connectivity index (χ1v) is 7.81. The predicted octanol–water partition coefficient (Wildman–Crippen LogP) is -8.46. The Morgan fingerprint density at radius 3 is 1.07 bits per heavy atom. The fourth-order valence-electron chi connectivity index (χ4n) is 2.46. The average Bonchev–Trinajstić information content (AvgIpc) is 3.37. The minimum atomic E-state index is 0. The van der Waals surface area contributed by atoms with Gasteiger partial charge in [-0.3, -0.25) is 0 Å². The van der Waals surface area contributed by atoms with E-state index in [4.69, 9.17) is 0 Å². The molecule has 0 spiro atoms. The van der Waals surface area contributed by atoms with E-state index < -0.39 is 0 Å². The van der Waals surface area contributed by atoms with Crippen molar-refractivity contribution in [2.75, 3.05) is 0 Å². The van der Waals surface area contributed by atoms with Crippen LogP contribution >= 0.6 is 0 Å². The zero-order chi connectivity index (χ0) is 15.7. The number of benzene rings is 2. The molecular formula is C23H19Cl5Zr2. The summed E-state index contributed by atoms with van der Waals surface area (Å²) in [6, 6.07) is 39.3. The van der Waals surface area contributed by atoms with Gasteiger partial charge >= 0.3 is 52.4 Å². The van der Waals surface area contributed by atoms with Gasteiger partial charge in [0.05, 0.1) is 0 Å². The standard InChI is InChI=1S/2C9H7.C5H5.5ClH.2Zr/c2*1-2-5-9-7-3-6-8(9)4-1;1-2-4-5-3-1;;;;;;;/h2*1-7H;1-5H;5*1H;;/q3*-1;;;;;;2*+4/p-5. The SMILES string of the molecule is [Cl-].[Cl-].[Cl-].[Cl-].[Cl-].[Zr+4].[Zr+4].c1cc[cH-]c1.c1ccc2[cH-]ccc2c1.c1ccc2[cH-]ccc2c1. The Balaban J connectivity index is -0.0000000960. The second-order valence-corrected chi connectivity index (χ2v) is 5.27. The maximum absolute atomic E-state index is 2.12. The molecule has 30 heavy (non-hydrogen) atoms. The smallest absolute Gasteiger partial charge is 1.00 e. The van der Waals surface area contributed by atoms with E-state index in [1.165, 1.54) is 21.5 Å². The number of halogens is 5. The van der Waals surface area contributed by atoms with E-state index in [0.29, 0.717) is 0 Å². The molecule has 0 atom stereocenters. The van der Waals surface area contributed by atoms with Gasteiger partial charge in [-0.05, 0) is 0 Å². The topological polar surface area (TPSA) is 0 Å². The van der Waals surface area contributed by atoms with Crippen molar-refractivity contribution in [2.24, 2.45) is 0 Å². The van der Waals surface area contributed by atoms with Crippen LogP contribution in [0, 0.1) is 0 Å². The van der Waals surface area contributed by atoms with Gasteiger partial charge in [0.15, 0.2) is 0 Å². The molecule has 0 aliphatic carbocycles. The van der Waals surface area contributed by atoms with Crippen molar-refractivity contribution in [3.63, 3.8) is 0 Å². The van der Waals surface area contributed by atoms with Crippen molar-refractivity contribution in [3.8, 4) is 0 Å². The summed E-state index contributed by atoms with van der Waals surface area (Å²) in [6.45, 7) is 0. The molecule has 5 aromatic carbocycles. The maximum Gasteiger partial charge on any atom is 4.00 e. The maximum atomic E-state index is 2.12. The summed E-state index contributed by atoms with van der Waals surface area (Å²) in [5.74, 6) is 0. The average molecular weight is 655 g/mol. The van der Waals surface area contributed by atoms with Crippen molar-refractivity contribution >= 4 is 21.5 Å². The first-order valence-electron chi connectivity index (χ1n) is 7.81. The molecule has 0 saturated heterocycles. The Morgan fingerprint density at radius 2 is 0.767 bits per heavy atom. The molecule has 0 aliphatic heterocycles. The minimum Gasteiger partial charge on any atom is -1.00 e. The molecule has 0 bridgehead atoms. The molecular weight excluding hydrogens is 636 g/mol. The van der Waals surface area contributed by atoms with Gasteiger partial charge in [-0.2, -0.15) is 53.2 Å². The van der Waals surface area contributed by atoms with Gasteiger partial charge in [-0.15, -0.1) is 59.3 Å². The molecule has 7 heteroatoms. The van der Waals surface area contributed by atoms with E-state index >= 15 is 0 Å². The van der Waals surface area contributed by atoms with E-state index in [1.807, 2.05) is 30.3 Å². The molecule has 0 aliphatic rings. The van der Waals surface area contributed by atoms with Gasteiger partial charge in [-0.1, -0.05) is 12.1 Å². The van der Waals surface area contributed by atoms with E-state index in [1.54, 1.807) is 0 Å². The van der Waals surface area contributed by atoms with Crippen LogP contribution in [-0.2, 0) is 52.4 Å². The van der Waals surface area contributed by atoms with Crippen LogP contribution in [0.5, 0.6) is 0 Å². The van der Waals surface area contributed by atoms with Crippen molar-refractivity contribution in [1.82, 2.24) is 0 Å². The quantitative estimate of drug-likeness (QED) is 0.146. The summed E-state index contributed by atoms with van der Waals surface area (Å²) >= 11 is 0. The van der Waals surface area contributed by atoms with Crippen LogP contribution in [0.3, 0.4) is 0 Å². The molecule has 5 rings (SSSR count). The largest absolute Gasteiger partial charge is 4.00 e. The van der Waals surface area contributed by atoms with Gasteiger partial charge in [0.25, 0.3) is 0 Å². The molecule has 154 valence electrons. The fourth-order valence-corrected chi connectivity index (χ4v) is 2.46. The molecule has 0 fully saturated rings. The van der Waals surface area contributed by atoms with Crippen LogP contribution in [-0.4, -0.2) is 0 Å². The summed E-state index contributed by atoms with van der Waals surface area (Å²) in [5.41, 5.74) is 0. The van der Waals surface area contributed by atoms with Gasteiger partial charge in [0, 0.05) is 0 Å². The van der Waals surface area contributed by atoms with E-state index in [0.717, 1.165) is 0 Å². The van der Waals surface area contributed by atoms with Gasteiger partial charge in [0.1, 0.15) is 0 Å². The summed E-state index contributed by atoms with van der Waals surface area (Å²) in [4.78, 5) is 0. The second kappa shape index (κ2) is 23.9. The van der Waals surface area contributed by atoms with Crippen LogP contribution < -0.4 is 62.0 Å². The molecule has 0 aromatic heterocycles.